The van der Waals surface area contributed by atoms with E-state index in [1.165, 1.54) is 11.3 Å². The van der Waals surface area contributed by atoms with E-state index in [2.05, 4.69) is 28.5 Å². The molecule has 0 bridgehead atoms. The standard InChI is InChI=1S/C11H14N2/c1-2-5-10-6-4-8-13-11(10)9-12-7-3-1/h1,3-4,6,8,12H,2,5,7,9H2/b3-1-. The maximum absolute atomic E-state index is 4.37. The summed E-state index contributed by atoms with van der Waals surface area (Å²) >= 11 is 0. The molecular weight excluding hydrogens is 160 g/mol. The first-order chi connectivity index (χ1) is 6.47. The summed E-state index contributed by atoms with van der Waals surface area (Å²) in [6.07, 6.45) is 8.52. The van der Waals surface area contributed by atoms with Gasteiger partial charge in [0, 0.05) is 19.3 Å². The van der Waals surface area contributed by atoms with Crippen molar-refractivity contribution in [3.63, 3.8) is 0 Å². The summed E-state index contributed by atoms with van der Waals surface area (Å²) in [5.74, 6) is 0. The molecule has 1 aromatic rings. The molecule has 0 aromatic carbocycles. The van der Waals surface area contributed by atoms with Crippen LogP contribution in [0.3, 0.4) is 0 Å². The first-order valence-electron chi connectivity index (χ1n) is 4.75. The number of allylic oxidation sites excluding steroid dienone is 1. The Labute approximate surface area is 78.7 Å². The van der Waals surface area contributed by atoms with Crippen LogP contribution in [0.4, 0.5) is 0 Å². The van der Waals surface area contributed by atoms with Gasteiger partial charge in [-0.3, -0.25) is 4.98 Å². The number of hydrogen-bond acceptors (Lipinski definition) is 2. The Kier molecular flexibility index (Phi) is 2.72. The van der Waals surface area contributed by atoms with Crippen LogP contribution in [0.5, 0.6) is 0 Å². The Bertz CT molecular complexity index is 305. The lowest BCUT2D eigenvalue weighted by Crippen LogP contribution is -2.14. The molecule has 1 N–H and O–H groups in total. The Hall–Kier alpha value is -1.15. The zero-order valence-corrected chi connectivity index (χ0v) is 7.66. The van der Waals surface area contributed by atoms with E-state index in [9.17, 15) is 0 Å². The molecule has 0 aliphatic carbocycles. The summed E-state index contributed by atoms with van der Waals surface area (Å²) in [6, 6.07) is 4.18. The van der Waals surface area contributed by atoms with Gasteiger partial charge in [-0.2, -0.15) is 0 Å². The second-order valence-electron chi connectivity index (χ2n) is 3.25. The van der Waals surface area contributed by atoms with Crippen molar-refractivity contribution in [3.05, 3.63) is 41.7 Å². The van der Waals surface area contributed by atoms with Gasteiger partial charge in [-0.05, 0) is 24.5 Å². The van der Waals surface area contributed by atoms with Gasteiger partial charge >= 0.3 is 0 Å². The summed E-state index contributed by atoms with van der Waals surface area (Å²) in [5, 5.41) is 3.33. The second-order valence-corrected chi connectivity index (χ2v) is 3.25. The third-order valence-electron chi connectivity index (χ3n) is 2.29. The molecule has 0 atom stereocenters. The number of rotatable bonds is 0. The number of fused-ring (bicyclic) bond motifs is 1. The van der Waals surface area contributed by atoms with Crippen molar-refractivity contribution in [2.45, 2.75) is 19.4 Å². The molecule has 1 aromatic heterocycles. The molecule has 0 fully saturated rings. The van der Waals surface area contributed by atoms with E-state index < -0.39 is 0 Å². The highest BCUT2D eigenvalue weighted by Crippen LogP contribution is 2.09. The number of pyridine rings is 1. The van der Waals surface area contributed by atoms with Gasteiger partial charge < -0.3 is 5.32 Å². The molecule has 2 heterocycles. The molecule has 0 spiro atoms. The van der Waals surface area contributed by atoms with E-state index in [-0.39, 0.29) is 0 Å². The minimum absolute atomic E-state index is 0.889. The fourth-order valence-corrected chi connectivity index (χ4v) is 1.57. The highest BCUT2D eigenvalue weighted by atomic mass is 14.9. The molecule has 0 saturated heterocycles. The third-order valence-corrected chi connectivity index (χ3v) is 2.29. The highest BCUT2D eigenvalue weighted by molar-refractivity contribution is 5.20. The fraction of sp³-hybridized carbons (Fsp3) is 0.364. The highest BCUT2D eigenvalue weighted by Gasteiger charge is 2.02. The predicted octanol–water partition coefficient (Wildman–Crippen LogP) is 1.67. The van der Waals surface area contributed by atoms with Crippen LogP contribution in [-0.4, -0.2) is 11.5 Å². The van der Waals surface area contributed by atoms with Crippen molar-refractivity contribution in [1.29, 1.82) is 0 Å². The molecule has 13 heavy (non-hydrogen) atoms. The second kappa shape index (κ2) is 4.19. The third kappa shape index (κ3) is 2.16. The average Bonchev–Trinajstić information content (AvgIpc) is 2.28. The molecule has 2 rings (SSSR count). The normalized spacial score (nSPS) is 19.4. The number of nitrogens with one attached hydrogen (secondary N) is 1. The molecule has 0 saturated carbocycles. The minimum Gasteiger partial charge on any atom is -0.308 e. The summed E-state index contributed by atoms with van der Waals surface area (Å²) in [5.41, 5.74) is 2.58. The van der Waals surface area contributed by atoms with Gasteiger partial charge in [-0.25, -0.2) is 0 Å². The van der Waals surface area contributed by atoms with E-state index in [0.717, 1.165) is 25.9 Å². The number of aryl methyl sites for hydroxylation is 1. The minimum atomic E-state index is 0.889. The van der Waals surface area contributed by atoms with Crippen molar-refractivity contribution in [2.24, 2.45) is 0 Å². The van der Waals surface area contributed by atoms with Gasteiger partial charge in [0.05, 0.1) is 5.69 Å². The Morgan fingerprint density at radius 1 is 1.31 bits per heavy atom. The topological polar surface area (TPSA) is 24.9 Å². The van der Waals surface area contributed by atoms with Gasteiger partial charge in [0.15, 0.2) is 0 Å². The quantitative estimate of drug-likeness (QED) is 0.605. The van der Waals surface area contributed by atoms with Crippen molar-refractivity contribution in [2.75, 3.05) is 6.54 Å². The molecule has 0 unspecified atom stereocenters. The van der Waals surface area contributed by atoms with E-state index in [1.54, 1.807) is 0 Å². The molecule has 2 heteroatoms. The molecule has 1 aliphatic heterocycles. The summed E-state index contributed by atoms with van der Waals surface area (Å²) < 4.78 is 0. The summed E-state index contributed by atoms with van der Waals surface area (Å²) in [7, 11) is 0. The van der Waals surface area contributed by atoms with Gasteiger partial charge in [0.25, 0.3) is 0 Å². The van der Waals surface area contributed by atoms with Crippen molar-refractivity contribution >= 4 is 0 Å². The van der Waals surface area contributed by atoms with E-state index >= 15 is 0 Å². The van der Waals surface area contributed by atoms with Crippen LogP contribution >= 0.6 is 0 Å². The molecule has 2 nitrogen and oxygen atoms in total. The van der Waals surface area contributed by atoms with E-state index in [1.807, 2.05) is 12.3 Å². The van der Waals surface area contributed by atoms with Crippen molar-refractivity contribution in [1.82, 2.24) is 10.3 Å². The first-order valence-corrected chi connectivity index (χ1v) is 4.75. The first kappa shape index (κ1) is 8.45. The summed E-state index contributed by atoms with van der Waals surface area (Å²) in [6.45, 7) is 1.84. The van der Waals surface area contributed by atoms with Crippen LogP contribution in [0.1, 0.15) is 17.7 Å². The molecule has 68 valence electrons. The molecule has 0 radical (unpaired) electrons. The number of hydrogen-bond donors (Lipinski definition) is 1. The molecular formula is C11H14N2. The smallest absolute Gasteiger partial charge is 0.0573 e. The van der Waals surface area contributed by atoms with E-state index in [4.69, 9.17) is 0 Å². The lowest BCUT2D eigenvalue weighted by molar-refractivity contribution is 0.734. The zero-order chi connectivity index (χ0) is 8.93. The maximum Gasteiger partial charge on any atom is 0.0573 e. The van der Waals surface area contributed by atoms with Crippen LogP contribution in [-0.2, 0) is 13.0 Å². The fourth-order valence-electron chi connectivity index (χ4n) is 1.57. The van der Waals surface area contributed by atoms with Crippen LogP contribution in [0.25, 0.3) is 0 Å². The van der Waals surface area contributed by atoms with E-state index in [0.29, 0.717) is 0 Å². The van der Waals surface area contributed by atoms with Crippen LogP contribution in [0, 0.1) is 0 Å². The molecule has 0 amide bonds. The monoisotopic (exact) mass is 174 g/mol. The predicted molar refractivity (Wildman–Crippen MR) is 53.4 cm³/mol. The lowest BCUT2D eigenvalue weighted by atomic mass is 10.1. The van der Waals surface area contributed by atoms with Crippen LogP contribution in [0.15, 0.2) is 30.5 Å². The summed E-state index contributed by atoms with van der Waals surface area (Å²) in [4.78, 5) is 4.37. The largest absolute Gasteiger partial charge is 0.308 e. The van der Waals surface area contributed by atoms with Crippen LogP contribution in [0.2, 0.25) is 0 Å². The average molecular weight is 174 g/mol. The zero-order valence-electron chi connectivity index (χ0n) is 7.66. The maximum atomic E-state index is 4.37. The Morgan fingerprint density at radius 2 is 2.31 bits per heavy atom. The van der Waals surface area contributed by atoms with Crippen molar-refractivity contribution < 1.29 is 0 Å². The number of nitrogens with zero attached hydrogens (tertiary/aromatic N) is 1. The molecule has 1 aliphatic rings. The Morgan fingerprint density at radius 3 is 3.31 bits per heavy atom. The van der Waals surface area contributed by atoms with Crippen LogP contribution < -0.4 is 5.32 Å². The van der Waals surface area contributed by atoms with Gasteiger partial charge in [0.2, 0.25) is 0 Å². The van der Waals surface area contributed by atoms with Gasteiger partial charge in [0.1, 0.15) is 0 Å². The SMILES string of the molecule is C1=C\CNCc2ncccc2CC/1. The number of aromatic nitrogens is 1. The Balaban J connectivity index is 2.22. The van der Waals surface area contributed by atoms with Crippen molar-refractivity contribution in [3.8, 4) is 0 Å². The lowest BCUT2D eigenvalue weighted by Gasteiger charge is -2.05. The van der Waals surface area contributed by atoms with Gasteiger partial charge in [-0.15, -0.1) is 0 Å². The van der Waals surface area contributed by atoms with Gasteiger partial charge in [-0.1, -0.05) is 18.2 Å².